The second-order valence-corrected chi connectivity index (χ2v) is 10.9. The van der Waals surface area contributed by atoms with Gasteiger partial charge in [-0.3, -0.25) is 4.72 Å². The third-order valence-corrected chi connectivity index (χ3v) is 8.51. The molecule has 0 unspecified atom stereocenters. The van der Waals surface area contributed by atoms with Crippen LogP contribution in [-0.2, 0) is 33.0 Å². The van der Waals surface area contributed by atoms with Gasteiger partial charge in [0.05, 0.1) is 16.9 Å². The molecule has 1 N–H and O–H groups in total. The Morgan fingerprint density at radius 2 is 1.53 bits per heavy atom. The zero-order chi connectivity index (χ0) is 22.9. The number of halogens is 1. The summed E-state index contributed by atoms with van der Waals surface area (Å²) in [7, 11) is -6.12. The summed E-state index contributed by atoms with van der Waals surface area (Å²) in [5, 5.41) is 0. The number of hydrogen-bond donors (Lipinski definition) is 1. The number of hydrogen-bond acceptors (Lipinski definition) is 5. The number of fused-ring (bicyclic) bond motifs is 1. The van der Waals surface area contributed by atoms with E-state index in [1.807, 2.05) is 0 Å². The van der Waals surface area contributed by atoms with Crippen LogP contribution in [0.25, 0.3) is 0 Å². The highest BCUT2D eigenvalue weighted by molar-refractivity contribution is 7.92. The lowest BCUT2D eigenvalue weighted by atomic mass is 10.0. The number of benzene rings is 3. The first-order valence-corrected chi connectivity index (χ1v) is 12.7. The van der Waals surface area contributed by atoms with E-state index in [1.54, 1.807) is 30.3 Å². The minimum atomic E-state index is -3.91. The van der Waals surface area contributed by atoms with Crippen molar-refractivity contribution < 1.29 is 26.0 Å². The Hall–Kier alpha value is -2.95. The molecule has 0 amide bonds. The first kappa shape index (κ1) is 22.3. The number of methoxy groups -OCH3 is 1. The number of nitrogens with zero attached hydrogens (tertiary/aromatic N) is 1. The van der Waals surface area contributed by atoms with Crippen LogP contribution in [0.15, 0.2) is 76.5 Å². The molecule has 0 spiro atoms. The van der Waals surface area contributed by atoms with Crippen molar-refractivity contribution in [2.24, 2.45) is 0 Å². The van der Waals surface area contributed by atoms with E-state index in [0.29, 0.717) is 30.0 Å². The van der Waals surface area contributed by atoms with Crippen LogP contribution in [0.2, 0.25) is 0 Å². The van der Waals surface area contributed by atoms with E-state index in [4.69, 9.17) is 4.74 Å². The van der Waals surface area contributed by atoms with Crippen molar-refractivity contribution >= 4 is 25.7 Å². The quantitative estimate of drug-likeness (QED) is 0.589. The fourth-order valence-electron chi connectivity index (χ4n) is 3.52. The van der Waals surface area contributed by atoms with Crippen molar-refractivity contribution in [2.45, 2.75) is 22.8 Å². The van der Waals surface area contributed by atoms with Gasteiger partial charge >= 0.3 is 0 Å². The fraction of sp³-hybridized carbons (Fsp3) is 0.182. The maximum atomic E-state index is 13.1. The number of anilines is 1. The molecule has 1 aliphatic heterocycles. The van der Waals surface area contributed by atoms with Crippen LogP contribution in [0.5, 0.6) is 5.75 Å². The van der Waals surface area contributed by atoms with Gasteiger partial charge in [0.2, 0.25) is 10.0 Å². The van der Waals surface area contributed by atoms with Crippen molar-refractivity contribution in [1.29, 1.82) is 0 Å². The van der Waals surface area contributed by atoms with Crippen LogP contribution in [0.3, 0.4) is 0 Å². The SMILES string of the molecule is COc1ccc(S(=O)(=O)N2CCc3ccc(NS(=O)(=O)c4ccc(F)cc4)cc3C2)cc1. The normalized spacial score (nSPS) is 14.6. The van der Waals surface area contributed by atoms with Gasteiger partial charge in [-0.1, -0.05) is 6.07 Å². The maximum absolute atomic E-state index is 13.1. The summed E-state index contributed by atoms with van der Waals surface area (Å²) in [5.74, 6) is 0.0295. The maximum Gasteiger partial charge on any atom is 0.261 e. The Labute approximate surface area is 186 Å². The average molecular weight is 477 g/mol. The molecule has 7 nitrogen and oxygen atoms in total. The van der Waals surface area contributed by atoms with Crippen molar-refractivity contribution in [3.63, 3.8) is 0 Å². The lowest BCUT2D eigenvalue weighted by Gasteiger charge is -2.28. The Morgan fingerprint density at radius 3 is 2.19 bits per heavy atom. The number of rotatable bonds is 6. The van der Waals surface area contributed by atoms with Gasteiger partial charge < -0.3 is 4.74 Å². The third-order valence-electron chi connectivity index (χ3n) is 5.26. The van der Waals surface area contributed by atoms with Crippen LogP contribution in [0.4, 0.5) is 10.1 Å². The molecule has 1 aliphatic rings. The molecule has 3 aromatic carbocycles. The molecule has 1 heterocycles. The summed E-state index contributed by atoms with van der Waals surface area (Å²) in [6.45, 7) is 0.442. The molecular formula is C22H21FN2O5S2. The van der Waals surface area contributed by atoms with E-state index < -0.39 is 25.9 Å². The van der Waals surface area contributed by atoms with Crippen molar-refractivity contribution in [1.82, 2.24) is 4.31 Å². The molecule has 10 heteroatoms. The predicted molar refractivity (Wildman–Crippen MR) is 118 cm³/mol. The summed E-state index contributed by atoms with van der Waals surface area (Å²) in [4.78, 5) is 0.0928. The Morgan fingerprint density at radius 1 is 0.875 bits per heavy atom. The molecule has 0 fully saturated rings. The van der Waals surface area contributed by atoms with E-state index in [1.165, 1.54) is 35.7 Å². The molecule has 0 atom stereocenters. The van der Waals surface area contributed by atoms with Crippen LogP contribution in [-0.4, -0.2) is 34.8 Å². The first-order chi connectivity index (χ1) is 15.2. The third kappa shape index (κ3) is 4.47. The molecule has 3 aromatic rings. The molecule has 0 saturated carbocycles. The minimum absolute atomic E-state index is 0.0691. The lowest BCUT2D eigenvalue weighted by molar-refractivity contribution is 0.391. The van der Waals surface area contributed by atoms with E-state index in [2.05, 4.69) is 4.72 Å². The molecule has 0 saturated heterocycles. The van der Waals surface area contributed by atoms with Crippen molar-refractivity contribution in [3.05, 3.63) is 83.7 Å². The highest BCUT2D eigenvalue weighted by atomic mass is 32.2. The van der Waals surface area contributed by atoms with Gasteiger partial charge in [0.25, 0.3) is 10.0 Å². The number of nitrogens with one attached hydrogen (secondary N) is 1. The molecule has 0 bridgehead atoms. The molecule has 0 aromatic heterocycles. The Bertz CT molecular complexity index is 1340. The number of sulfonamides is 2. The minimum Gasteiger partial charge on any atom is -0.497 e. The molecule has 0 aliphatic carbocycles. The highest BCUT2D eigenvalue weighted by Crippen LogP contribution is 2.28. The zero-order valence-corrected chi connectivity index (χ0v) is 18.8. The molecule has 4 rings (SSSR count). The monoisotopic (exact) mass is 476 g/mol. The van der Waals surface area contributed by atoms with Crippen molar-refractivity contribution in [2.75, 3.05) is 18.4 Å². The molecule has 168 valence electrons. The highest BCUT2D eigenvalue weighted by Gasteiger charge is 2.28. The van der Waals surface area contributed by atoms with E-state index in [-0.39, 0.29) is 16.3 Å². The van der Waals surface area contributed by atoms with Gasteiger partial charge in [0, 0.05) is 18.8 Å². The van der Waals surface area contributed by atoms with Crippen LogP contribution in [0, 0.1) is 5.82 Å². The zero-order valence-electron chi connectivity index (χ0n) is 17.2. The molecular weight excluding hydrogens is 455 g/mol. The van der Waals surface area contributed by atoms with Crippen LogP contribution < -0.4 is 9.46 Å². The van der Waals surface area contributed by atoms with Gasteiger partial charge in [-0.2, -0.15) is 4.31 Å². The first-order valence-electron chi connectivity index (χ1n) is 9.73. The summed E-state index contributed by atoms with van der Waals surface area (Å²) >= 11 is 0. The summed E-state index contributed by atoms with van der Waals surface area (Å²) in [6, 6.07) is 15.7. The summed E-state index contributed by atoms with van der Waals surface area (Å²) in [5.41, 5.74) is 1.97. The van der Waals surface area contributed by atoms with Crippen LogP contribution >= 0.6 is 0 Å². The lowest BCUT2D eigenvalue weighted by Crippen LogP contribution is -2.36. The largest absolute Gasteiger partial charge is 0.497 e. The van der Waals surface area contributed by atoms with Crippen molar-refractivity contribution in [3.8, 4) is 5.75 Å². The van der Waals surface area contributed by atoms with Gasteiger partial charge in [0.1, 0.15) is 11.6 Å². The Kier molecular flexibility index (Phi) is 5.93. The van der Waals surface area contributed by atoms with Gasteiger partial charge in [-0.25, -0.2) is 21.2 Å². The van der Waals surface area contributed by atoms with E-state index >= 15 is 0 Å². The Balaban J connectivity index is 1.57. The standard InChI is InChI=1S/C22H21FN2O5S2/c1-30-20-6-10-22(11-7-20)32(28,29)25-13-12-16-2-5-19(14-17(16)15-25)24-31(26,27)21-8-3-18(23)4-9-21/h2-11,14,24H,12-13,15H2,1H3. The topological polar surface area (TPSA) is 92.8 Å². The number of ether oxygens (including phenoxy) is 1. The van der Waals surface area contributed by atoms with E-state index in [9.17, 15) is 21.2 Å². The van der Waals surface area contributed by atoms with Crippen LogP contribution in [0.1, 0.15) is 11.1 Å². The van der Waals surface area contributed by atoms with E-state index in [0.717, 1.165) is 17.7 Å². The predicted octanol–water partition coefficient (Wildman–Crippen LogP) is 3.38. The fourth-order valence-corrected chi connectivity index (χ4v) is 5.99. The van der Waals surface area contributed by atoms with Gasteiger partial charge in [-0.05, 0) is 78.2 Å². The van der Waals surface area contributed by atoms with Gasteiger partial charge in [-0.15, -0.1) is 0 Å². The summed E-state index contributed by atoms with van der Waals surface area (Å²) < 4.78 is 73.3. The second kappa shape index (κ2) is 8.53. The molecule has 0 radical (unpaired) electrons. The molecule has 32 heavy (non-hydrogen) atoms. The van der Waals surface area contributed by atoms with Gasteiger partial charge in [0.15, 0.2) is 0 Å². The smallest absolute Gasteiger partial charge is 0.261 e. The second-order valence-electron chi connectivity index (χ2n) is 7.31. The summed E-state index contributed by atoms with van der Waals surface area (Å²) in [6.07, 6.45) is 0.510. The average Bonchev–Trinajstić information content (AvgIpc) is 2.78.